The maximum Gasteiger partial charge on any atom is 0.323 e. The number of aliphatic hydroxyl groups excluding tert-OH is 2. The van der Waals surface area contributed by atoms with Crippen molar-refractivity contribution in [3.8, 4) is 0 Å². The second-order valence-electron chi connectivity index (χ2n) is 7.09. The van der Waals surface area contributed by atoms with Crippen LogP contribution < -0.4 is 5.73 Å². The van der Waals surface area contributed by atoms with Crippen molar-refractivity contribution in [3.63, 3.8) is 0 Å². The summed E-state index contributed by atoms with van der Waals surface area (Å²) in [5, 5.41) is 21.6. The smallest absolute Gasteiger partial charge is 0.323 e. The molecule has 6 atom stereocenters. The molecular formula is C18H22BrCl2N3O5. The Balaban J connectivity index is 1.78. The predicted octanol–water partition coefficient (Wildman–Crippen LogP) is 2.64. The summed E-state index contributed by atoms with van der Waals surface area (Å²) >= 11 is 15.5. The van der Waals surface area contributed by atoms with Crippen LogP contribution in [0.1, 0.15) is 26.5 Å². The molecule has 160 valence electrons. The van der Waals surface area contributed by atoms with Crippen molar-refractivity contribution in [2.75, 3.05) is 6.61 Å². The lowest BCUT2D eigenvalue weighted by molar-refractivity contribution is -0.152. The molecule has 0 aliphatic carbocycles. The van der Waals surface area contributed by atoms with Crippen LogP contribution in [0.4, 0.5) is 0 Å². The highest BCUT2D eigenvalue weighted by Gasteiger charge is 2.45. The average Bonchev–Trinajstić information content (AvgIpc) is 3.14. The van der Waals surface area contributed by atoms with Crippen molar-refractivity contribution in [2.24, 2.45) is 11.7 Å². The number of carbonyl (C=O) groups is 1. The maximum absolute atomic E-state index is 12.1. The van der Waals surface area contributed by atoms with Gasteiger partial charge in [-0.25, -0.2) is 4.98 Å². The number of esters is 1. The molecule has 1 saturated heterocycles. The van der Waals surface area contributed by atoms with Crippen LogP contribution in [0.3, 0.4) is 0 Å². The van der Waals surface area contributed by atoms with E-state index in [0.717, 1.165) is 6.42 Å². The molecule has 4 N–H and O–H groups in total. The van der Waals surface area contributed by atoms with Crippen molar-refractivity contribution in [1.29, 1.82) is 0 Å². The molecular weight excluding hydrogens is 489 g/mol. The molecule has 0 amide bonds. The van der Waals surface area contributed by atoms with Gasteiger partial charge in [-0.3, -0.25) is 9.36 Å². The predicted molar refractivity (Wildman–Crippen MR) is 112 cm³/mol. The molecule has 0 saturated carbocycles. The quantitative estimate of drug-likeness (QED) is 0.511. The molecule has 0 unspecified atom stereocenters. The molecule has 0 radical (unpaired) electrons. The Bertz CT molecular complexity index is 911. The zero-order chi connectivity index (χ0) is 21.5. The molecule has 1 aromatic heterocycles. The Hall–Kier alpha value is -0.940. The number of halogens is 3. The number of carbonyl (C=O) groups excluding carboxylic acids is 1. The lowest BCUT2D eigenvalue weighted by atomic mass is 10.0. The van der Waals surface area contributed by atoms with Gasteiger partial charge in [-0.15, -0.1) is 0 Å². The molecule has 29 heavy (non-hydrogen) atoms. The van der Waals surface area contributed by atoms with Crippen molar-refractivity contribution in [1.82, 2.24) is 9.55 Å². The summed E-state index contributed by atoms with van der Waals surface area (Å²) in [6, 6.07) is 2.42. The van der Waals surface area contributed by atoms with Gasteiger partial charge in [0.2, 0.25) is 0 Å². The summed E-state index contributed by atoms with van der Waals surface area (Å²) in [6.07, 6.45) is -3.75. The van der Waals surface area contributed by atoms with Gasteiger partial charge in [0.05, 0.1) is 21.1 Å². The Kier molecular flexibility index (Phi) is 7.10. The standard InChI is InChI=1S/C18H22BrCl2N3O5/c1-3-7(2)13(22)17(27)28-6-12-14(25)15(26)16(29-12)24-11-5-9(21)8(20)4-10(11)23-18(24)19/h4-5,7,12-16,25-26H,3,6,22H2,1-2H3/t7-,12+,13-,14+,15+,16+/m0/s1. The fraction of sp³-hybridized carbons (Fsp3) is 0.556. The molecule has 3 rings (SSSR count). The van der Waals surface area contributed by atoms with Gasteiger partial charge in [-0.05, 0) is 34.0 Å². The number of hydrogen-bond acceptors (Lipinski definition) is 7. The second-order valence-corrected chi connectivity index (χ2v) is 8.62. The lowest BCUT2D eigenvalue weighted by Gasteiger charge is -2.20. The number of aliphatic hydroxyl groups is 2. The Morgan fingerprint density at radius 3 is 2.69 bits per heavy atom. The summed E-state index contributed by atoms with van der Waals surface area (Å²) in [6.45, 7) is 3.54. The van der Waals surface area contributed by atoms with Gasteiger partial charge in [0, 0.05) is 0 Å². The van der Waals surface area contributed by atoms with Crippen LogP contribution in [0.15, 0.2) is 16.9 Å². The van der Waals surface area contributed by atoms with E-state index in [1.54, 1.807) is 16.7 Å². The van der Waals surface area contributed by atoms with Crippen LogP contribution in [0.25, 0.3) is 11.0 Å². The van der Waals surface area contributed by atoms with Crippen molar-refractivity contribution in [2.45, 2.75) is 50.8 Å². The van der Waals surface area contributed by atoms with Crippen molar-refractivity contribution >= 4 is 56.1 Å². The minimum absolute atomic E-state index is 0.0416. The first kappa shape index (κ1) is 22.7. The van der Waals surface area contributed by atoms with Gasteiger partial charge in [-0.2, -0.15) is 0 Å². The summed E-state index contributed by atoms with van der Waals surface area (Å²) in [4.78, 5) is 16.4. The highest BCUT2D eigenvalue weighted by molar-refractivity contribution is 9.10. The van der Waals surface area contributed by atoms with E-state index < -0.39 is 36.6 Å². The maximum atomic E-state index is 12.1. The van der Waals surface area contributed by atoms with Gasteiger partial charge < -0.3 is 25.4 Å². The number of ether oxygens (including phenoxy) is 2. The van der Waals surface area contributed by atoms with E-state index in [-0.39, 0.29) is 12.5 Å². The number of imidazole rings is 1. The van der Waals surface area contributed by atoms with Crippen molar-refractivity contribution < 1.29 is 24.5 Å². The molecule has 1 aromatic carbocycles. The highest BCUT2D eigenvalue weighted by Crippen LogP contribution is 2.37. The molecule has 8 nitrogen and oxygen atoms in total. The molecule has 0 spiro atoms. The van der Waals surface area contributed by atoms with Crippen LogP contribution >= 0.6 is 39.1 Å². The third-order valence-electron chi connectivity index (χ3n) is 5.20. The zero-order valence-electron chi connectivity index (χ0n) is 15.8. The summed E-state index contributed by atoms with van der Waals surface area (Å²) in [7, 11) is 0. The normalized spacial score (nSPS) is 26.6. The zero-order valence-corrected chi connectivity index (χ0v) is 18.9. The van der Waals surface area contributed by atoms with E-state index in [9.17, 15) is 15.0 Å². The second kappa shape index (κ2) is 9.05. The largest absolute Gasteiger partial charge is 0.462 e. The molecule has 2 aromatic rings. The Morgan fingerprint density at radius 2 is 2.03 bits per heavy atom. The van der Waals surface area contributed by atoms with Gasteiger partial charge in [0.15, 0.2) is 11.0 Å². The number of nitrogens with two attached hydrogens (primary N) is 1. The van der Waals surface area contributed by atoms with Crippen molar-refractivity contribution in [3.05, 3.63) is 26.9 Å². The van der Waals surface area contributed by atoms with Crippen LogP contribution in [-0.4, -0.2) is 56.7 Å². The van der Waals surface area contributed by atoms with E-state index in [4.69, 9.17) is 38.4 Å². The van der Waals surface area contributed by atoms with Crippen LogP contribution in [0, 0.1) is 5.92 Å². The van der Waals surface area contributed by atoms with Gasteiger partial charge in [-0.1, -0.05) is 43.5 Å². The van der Waals surface area contributed by atoms with E-state index >= 15 is 0 Å². The Labute approximate surface area is 186 Å². The first-order valence-corrected chi connectivity index (χ1v) is 10.7. The van der Waals surface area contributed by atoms with Crippen LogP contribution in [0.2, 0.25) is 10.0 Å². The molecule has 11 heteroatoms. The summed E-state index contributed by atoms with van der Waals surface area (Å²) in [5.74, 6) is -0.621. The fourth-order valence-corrected chi connectivity index (χ4v) is 4.03. The fourth-order valence-electron chi connectivity index (χ4n) is 3.13. The number of hydrogen-bond donors (Lipinski definition) is 3. The topological polar surface area (TPSA) is 120 Å². The van der Waals surface area contributed by atoms with Gasteiger partial charge in [0.25, 0.3) is 0 Å². The Morgan fingerprint density at radius 1 is 1.38 bits per heavy atom. The SMILES string of the molecule is CC[C@H](C)[C@H](N)C(=O)OC[C@H]1O[C@@H](n2c(Br)nc3cc(Cl)c(Cl)cc32)[C@H](O)[C@@H]1O. The molecule has 2 heterocycles. The number of fused-ring (bicyclic) bond motifs is 1. The summed E-state index contributed by atoms with van der Waals surface area (Å²) < 4.78 is 12.9. The number of benzene rings is 1. The third-order valence-corrected chi connectivity index (χ3v) is 6.48. The minimum Gasteiger partial charge on any atom is -0.462 e. The van der Waals surface area contributed by atoms with E-state index in [2.05, 4.69) is 20.9 Å². The van der Waals surface area contributed by atoms with Gasteiger partial charge in [0.1, 0.15) is 31.0 Å². The van der Waals surface area contributed by atoms with Crippen LogP contribution in [-0.2, 0) is 14.3 Å². The monoisotopic (exact) mass is 509 g/mol. The molecule has 1 aliphatic heterocycles. The number of aromatic nitrogens is 2. The lowest BCUT2D eigenvalue weighted by Crippen LogP contribution is -2.40. The minimum atomic E-state index is -1.29. The third kappa shape index (κ3) is 4.41. The summed E-state index contributed by atoms with van der Waals surface area (Å²) in [5.41, 5.74) is 6.95. The van der Waals surface area contributed by atoms with E-state index in [0.29, 0.717) is 25.8 Å². The average molecular weight is 511 g/mol. The van der Waals surface area contributed by atoms with Crippen LogP contribution in [0.5, 0.6) is 0 Å². The first-order valence-electron chi connectivity index (χ1n) is 9.12. The highest BCUT2D eigenvalue weighted by atomic mass is 79.9. The molecule has 1 fully saturated rings. The molecule has 0 bridgehead atoms. The number of nitrogens with zero attached hydrogens (tertiary/aromatic N) is 2. The number of rotatable bonds is 6. The van der Waals surface area contributed by atoms with E-state index in [1.807, 2.05) is 13.8 Å². The van der Waals surface area contributed by atoms with Gasteiger partial charge >= 0.3 is 5.97 Å². The molecule has 1 aliphatic rings. The van der Waals surface area contributed by atoms with E-state index in [1.165, 1.54) is 0 Å². The first-order chi connectivity index (χ1) is 13.6.